The van der Waals surface area contributed by atoms with Crippen LogP contribution in [-0.2, 0) is 14.3 Å². The van der Waals surface area contributed by atoms with Gasteiger partial charge in [-0.05, 0) is 71.3 Å². The number of rotatable bonds is 9. The number of hydrogen-bond donors (Lipinski definition) is 3. The van der Waals surface area contributed by atoms with Crippen molar-refractivity contribution in [3.8, 4) is 5.69 Å². The van der Waals surface area contributed by atoms with Crippen molar-refractivity contribution < 1.29 is 29.0 Å². The number of hydrogen-bond acceptors (Lipinski definition) is 8. The summed E-state index contributed by atoms with van der Waals surface area (Å²) in [4.78, 5) is 50.3. The summed E-state index contributed by atoms with van der Waals surface area (Å²) in [6.45, 7) is 0.764. The number of carbonyl (C=O) groups is 4. The summed E-state index contributed by atoms with van der Waals surface area (Å²) < 4.78 is 6.13. The van der Waals surface area contributed by atoms with E-state index in [9.17, 15) is 19.2 Å². The molecule has 1 atom stereocenters. The number of halogens is 1. The monoisotopic (exact) mass is 553 g/mol. The first-order valence-corrected chi connectivity index (χ1v) is 12.1. The molecule has 3 aromatic rings. The zero-order chi connectivity index (χ0) is 27.9. The third-order valence-electron chi connectivity index (χ3n) is 5.99. The van der Waals surface area contributed by atoms with Gasteiger partial charge < -0.3 is 25.4 Å². The van der Waals surface area contributed by atoms with Crippen LogP contribution in [0.3, 0.4) is 0 Å². The van der Waals surface area contributed by atoms with Gasteiger partial charge in [-0.15, -0.1) is 5.10 Å². The van der Waals surface area contributed by atoms with Crippen LogP contribution in [0, 0.1) is 5.92 Å². The number of amides is 3. The third-order valence-corrected chi connectivity index (χ3v) is 6.23. The number of carbonyl (C=O) groups excluding carboxylic acids is 3. The summed E-state index contributed by atoms with van der Waals surface area (Å²) in [5, 5.41) is 26.0. The summed E-state index contributed by atoms with van der Waals surface area (Å²) >= 11 is 6.13. The van der Waals surface area contributed by atoms with Crippen molar-refractivity contribution in [1.82, 2.24) is 30.4 Å². The highest BCUT2D eigenvalue weighted by atomic mass is 35.5. The maximum atomic E-state index is 13.1. The average molecular weight is 554 g/mol. The lowest BCUT2D eigenvalue weighted by Gasteiger charge is -2.39. The molecule has 0 radical (unpaired) electrons. The molecule has 2 heterocycles. The number of likely N-dealkylation sites (tertiary alicyclic amines) is 1. The van der Waals surface area contributed by atoms with Gasteiger partial charge in [0.15, 0.2) is 0 Å². The molecule has 4 rings (SSSR count). The second-order valence-corrected chi connectivity index (χ2v) is 9.14. The van der Waals surface area contributed by atoms with Crippen molar-refractivity contribution in [2.45, 2.75) is 12.5 Å². The second kappa shape index (κ2) is 12.2. The molecule has 14 heteroatoms. The van der Waals surface area contributed by atoms with Gasteiger partial charge in [-0.2, -0.15) is 4.68 Å². The molecular weight excluding hydrogens is 530 g/mol. The highest BCUT2D eigenvalue weighted by Gasteiger charge is 2.35. The molecule has 1 saturated heterocycles. The summed E-state index contributed by atoms with van der Waals surface area (Å²) in [6.07, 6.45) is 4.00. The molecule has 0 aliphatic carbocycles. The number of anilines is 1. The molecule has 1 aliphatic rings. The number of tetrazole rings is 1. The Balaban J connectivity index is 1.47. The number of aromatic carboxylic acids is 1. The summed E-state index contributed by atoms with van der Waals surface area (Å²) in [5.41, 5.74) is 1.60. The van der Waals surface area contributed by atoms with Crippen LogP contribution in [0.2, 0.25) is 5.02 Å². The maximum absolute atomic E-state index is 13.1. The fourth-order valence-corrected chi connectivity index (χ4v) is 4.19. The Morgan fingerprint density at radius 3 is 2.56 bits per heavy atom. The van der Waals surface area contributed by atoms with Gasteiger partial charge in [0.05, 0.1) is 18.4 Å². The van der Waals surface area contributed by atoms with E-state index >= 15 is 0 Å². The quantitative estimate of drug-likeness (QED) is 0.336. The Morgan fingerprint density at radius 1 is 1.18 bits per heavy atom. The Kier molecular flexibility index (Phi) is 8.51. The minimum absolute atomic E-state index is 0.0436. The van der Waals surface area contributed by atoms with Gasteiger partial charge in [0.25, 0.3) is 0 Å². The van der Waals surface area contributed by atoms with Crippen LogP contribution in [0.25, 0.3) is 11.8 Å². The zero-order valence-corrected chi connectivity index (χ0v) is 21.4. The lowest BCUT2D eigenvalue weighted by molar-refractivity contribution is -0.124. The van der Waals surface area contributed by atoms with Crippen molar-refractivity contribution in [2.24, 2.45) is 5.92 Å². The van der Waals surface area contributed by atoms with Gasteiger partial charge in [-0.3, -0.25) is 9.59 Å². The lowest BCUT2D eigenvalue weighted by atomic mass is 9.92. The van der Waals surface area contributed by atoms with E-state index in [1.807, 2.05) is 0 Å². The normalized spacial score (nSPS) is 13.9. The van der Waals surface area contributed by atoms with Crippen LogP contribution in [0.1, 0.15) is 22.3 Å². The number of nitrogens with zero attached hydrogens (tertiary/aromatic N) is 5. The Labute approximate surface area is 227 Å². The van der Waals surface area contributed by atoms with E-state index in [1.54, 1.807) is 18.2 Å². The van der Waals surface area contributed by atoms with Crippen LogP contribution < -0.4 is 10.6 Å². The fourth-order valence-electron chi connectivity index (χ4n) is 4.01. The van der Waals surface area contributed by atoms with E-state index in [2.05, 4.69) is 26.2 Å². The molecule has 2 aromatic carbocycles. The number of methoxy groups -OCH3 is 1. The molecule has 39 heavy (non-hydrogen) atoms. The number of carboxylic acids is 1. The van der Waals surface area contributed by atoms with Crippen LogP contribution in [0.15, 0.2) is 54.9 Å². The highest BCUT2D eigenvalue weighted by molar-refractivity contribution is 6.30. The summed E-state index contributed by atoms with van der Waals surface area (Å²) in [6, 6.07) is 9.71. The molecule has 1 aromatic heterocycles. The van der Waals surface area contributed by atoms with Gasteiger partial charge in [-0.1, -0.05) is 11.6 Å². The highest BCUT2D eigenvalue weighted by Crippen LogP contribution is 2.23. The van der Waals surface area contributed by atoms with Crippen molar-refractivity contribution in [3.05, 3.63) is 71.0 Å². The smallest absolute Gasteiger partial charge is 0.409 e. The molecule has 0 bridgehead atoms. The SMILES string of the molecule is COC(=O)N1CC(CC(NC(=O)C=Cc2cc(Cl)ccc2-n2cnnn2)C(=O)Nc2ccc(C(=O)O)cc2)C1. The lowest BCUT2D eigenvalue weighted by Crippen LogP contribution is -2.54. The van der Waals surface area contributed by atoms with Gasteiger partial charge in [-0.25, -0.2) is 9.59 Å². The Hall–Kier alpha value is -4.78. The van der Waals surface area contributed by atoms with E-state index in [0.29, 0.717) is 35.1 Å². The van der Waals surface area contributed by atoms with Crippen molar-refractivity contribution in [3.63, 3.8) is 0 Å². The molecule has 1 aliphatic heterocycles. The number of nitrogens with one attached hydrogen (secondary N) is 2. The Bertz CT molecular complexity index is 1390. The molecule has 1 unspecified atom stereocenters. The molecule has 0 saturated carbocycles. The first-order chi connectivity index (χ1) is 18.7. The predicted molar refractivity (Wildman–Crippen MR) is 139 cm³/mol. The summed E-state index contributed by atoms with van der Waals surface area (Å²) in [5.74, 6) is -2.16. The number of aromatic nitrogens is 4. The zero-order valence-electron chi connectivity index (χ0n) is 20.7. The first-order valence-electron chi connectivity index (χ1n) is 11.7. The van der Waals surface area contributed by atoms with Crippen LogP contribution in [0.5, 0.6) is 0 Å². The van der Waals surface area contributed by atoms with E-state index < -0.39 is 29.9 Å². The predicted octanol–water partition coefficient (Wildman–Crippen LogP) is 2.24. The number of carboxylic acid groups (broad SMARTS) is 1. The van der Waals surface area contributed by atoms with E-state index in [-0.39, 0.29) is 17.9 Å². The molecule has 0 spiro atoms. The van der Waals surface area contributed by atoms with Crippen LogP contribution >= 0.6 is 11.6 Å². The molecule has 13 nitrogen and oxygen atoms in total. The van der Waals surface area contributed by atoms with Gasteiger partial charge in [0.1, 0.15) is 12.4 Å². The second-order valence-electron chi connectivity index (χ2n) is 8.70. The van der Waals surface area contributed by atoms with Crippen molar-refractivity contribution in [2.75, 3.05) is 25.5 Å². The Morgan fingerprint density at radius 2 is 1.92 bits per heavy atom. The average Bonchev–Trinajstić information content (AvgIpc) is 3.43. The summed E-state index contributed by atoms with van der Waals surface area (Å²) in [7, 11) is 1.29. The topological polar surface area (TPSA) is 169 Å². The van der Waals surface area contributed by atoms with Crippen molar-refractivity contribution in [1.29, 1.82) is 0 Å². The standard InChI is InChI=1S/C25H24ClN7O6/c1-39-25(38)32-12-15(13-32)10-20(23(35)28-19-6-2-16(3-7-19)24(36)37)29-22(34)9-4-17-11-18(26)5-8-21(17)33-14-27-30-31-33/h2-9,11,14-15,20H,10,12-13H2,1H3,(H,28,35)(H,29,34)(H,36,37). The fraction of sp³-hybridized carbons (Fsp3) is 0.240. The molecular formula is C25H24ClN7O6. The van der Waals surface area contributed by atoms with E-state index in [1.165, 1.54) is 59.4 Å². The minimum Gasteiger partial charge on any atom is -0.478 e. The van der Waals surface area contributed by atoms with Gasteiger partial charge >= 0.3 is 12.1 Å². The van der Waals surface area contributed by atoms with Gasteiger partial charge in [0, 0.05) is 35.4 Å². The molecule has 202 valence electrons. The van der Waals surface area contributed by atoms with E-state index in [0.717, 1.165) is 0 Å². The van der Waals surface area contributed by atoms with Crippen molar-refractivity contribution >= 4 is 47.2 Å². The molecule has 3 N–H and O–H groups in total. The van der Waals surface area contributed by atoms with Gasteiger partial charge in [0.2, 0.25) is 11.8 Å². The molecule has 1 fully saturated rings. The number of benzene rings is 2. The number of ether oxygens (including phenoxy) is 1. The van der Waals surface area contributed by atoms with Crippen LogP contribution in [-0.4, -0.2) is 80.3 Å². The first kappa shape index (κ1) is 27.3. The van der Waals surface area contributed by atoms with E-state index in [4.69, 9.17) is 21.4 Å². The molecule has 3 amide bonds. The third kappa shape index (κ3) is 6.96. The van der Waals surface area contributed by atoms with Crippen LogP contribution in [0.4, 0.5) is 10.5 Å². The minimum atomic E-state index is -1.09. The largest absolute Gasteiger partial charge is 0.478 e. The maximum Gasteiger partial charge on any atom is 0.409 e.